The molecule has 3 atom stereocenters. The van der Waals surface area contributed by atoms with Gasteiger partial charge in [-0.25, -0.2) is 0 Å². The Morgan fingerprint density at radius 2 is 2.00 bits per heavy atom. The van der Waals surface area contributed by atoms with Crippen molar-refractivity contribution in [3.05, 3.63) is 0 Å². The number of hydrogen-bond donors (Lipinski definition) is 0. The van der Waals surface area contributed by atoms with Crippen LogP contribution in [0.15, 0.2) is 0 Å². The highest BCUT2D eigenvalue weighted by Gasteiger charge is 2.47. The van der Waals surface area contributed by atoms with Crippen LogP contribution in [0.5, 0.6) is 0 Å². The van der Waals surface area contributed by atoms with Gasteiger partial charge in [0, 0.05) is 12.6 Å². The smallest absolute Gasteiger partial charge is 0.246 e. The van der Waals surface area contributed by atoms with Gasteiger partial charge in [0.15, 0.2) is 0 Å². The monoisotopic (exact) mass is 266 g/mol. The van der Waals surface area contributed by atoms with E-state index in [0.29, 0.717) is 0 Å². The Balaban J connectivity index is 2.06. The molecule has 2 amide bonds. The van der Waals surface area contributed by atoms with E-state index >= 15 is 0 Å². The van der Waals surface area contributed by atoms with Crippen LogP contribution in [0, 0.1) is 0 Å². The Labute approximate surface area is 116 Å². The quantitative estimate of drug-likeness (QED) is 0.716. The molecule has 4 heteroatoms. The van der Waals surface area contributed by atoms with Crippen LogP contribution in [0.25, 0.3) is 0 Å². The summed E-state index contributed by atoms with van der Waals surface area (Å²) in [6.45, 7) is 6.91. The topological polar surface area (TPSA) is 40.6 Å². The fourth-order valence-electron chi connectivity index (χ4n) is 3.44. The number of unbranched alkanes of at least 4 members (excludes halogenated alkanes) is 2. The molecule has 19 heavy (non-hydrogen) atoms. The molecule has 2 fully saturated rings. The molecular formula is C15H26N2O2. The van der Waals surface area contributed by atoms with Crippen molar-refractivity contribution in [3.8, 4) is 0 Å². The molecule has 0 N–H and O–H groups in total. The minimum atomic E-state index is -0.279. The van der Waals surface area contributed by atoms with E-state index in [0.717, 1.165) is 32.2 Å². The third-order valence-electron chi connectivity index (χ3n) is 4.55. The van der Waals surface area contributed by atoms with Gasteiger partial charge < -0.3 is 9.80 Å². The van der Waals surface area contributed by atoms with Gasteiger partial charge in [-0.3, -0.25) is 9.59 Å². The van der Waals surface area contributed by atoms with Crippen molar-refractivity contribution in [2.45, 2.75) is 77.4 Å². The number of carbonyl (C=O) groups is 2. The van der Waals surface area contributed by atoms with Crippen molar-refractivity contribution >= 4 is 11.8 Å². The first kappa shape index (κ1) is 14.4. The van der Waals surface area contributed by atoms with Gasteiger partial charge >= 0.3 is 0 Å². The second-order valence-corrected chi connectivity index (χ2v) is 5.96. The minimum absolute atomic E-state index is 0.143. The summed E-state index contributed by atoms with van der Waals surface area (Å²) in [6.07, 6.45) is 6.33. The zero-order chi connectivity index (χ0) is 14.0. The third kappa shape index (κ3) is 2.63. The first-order valence-corrected chi connectivity index (χ1v) is 7.70. The number of hydrogen-bond acceptors (Lipinski definition) is 2. The van der Waals surface area contributed by atoms with Crippen molar-refractivity contribution < 1.29 is 9.59 Å². The van der Waals surface area contributed by atoms with Gasteiger partial charge in [0.2, 0.25) is 11.8 Å². The molecular weight excluding hydrogens is 240 g/mol. The van der Waals surface area contributed by atoms with Crippen molar-refractivity contribution in [1.29, 1.82) is 0 Å². The second kappa shape index (κ2) is 5.93. The van der Waals surface area contributed by atoms with Crippen LogP contribution >= 0.6 is 0 Å². The average molecular weight is 266 g/mol. The summed E-state index contributed by atoms with van der Waals surface area (Å²) in [4.78, 5) is 28.5. The van der Waals surface area contributed by atoms with Crippen LogP contribution in [-0.2, 0) is 9.59 Å². The maximum absolute atomic E-state index is 12.6. The van der Waals surface area contributed by atoms with Crippen molar-refractivity contribution in [2.24, 2.45) is 0 Å². The van der Waals surface area contributed by atoms with E-state index in [4.69, 9.17) is 0 Å². The molecule has 4 nitrogen and oxygen atoms in total. The normalized spacial score (nSPS) is 28.8. The Morgan fingerprint density at radius 3 is 2.68 bits per heavy atom. The van der Waals surface area contributed by atoms with E-state index in [9.17, 15) is 9.59 Å². The maximum Gasteiger partial charge on any atom is 0.246 e. The van der Waals surface area contributed by atoms with Gasteiger partial charge in [-0.1, -0.05) is 26.2 Å². The first-order valence-electron chi connectivity index (χ1n) is 7.70. The Hall–Kier alpha value is -1.06. The van der Waals surface area contributed by atoms with Gasteiger partial charge in [0.1, 0.15) is 12.1 Å². The van der Waals surface area contributed by atoms with E-state index in [1.165, 1.54) is 12.8 Å². The SMILES string of the molecule is CCCCCC(C)N1C(=O)C2CCCN2C(=O)C1C. The molecule has 2 heterocycles. The minimum Gasteiger partial charge on any atom is -0.329 e. The molecule has 3 unspecified atom stereocenters. The summed E-state index contributed by atoms with van der Waals surface area (Å²) in [5.74, 6) is 0.318. The lowest BCUT2D eigenvalue weighted by atomic mass is 10.0. The molecule has 0 spiro atoms. The molecule has 2 rings (SSSR count). The van der Waals surface area contributed by atoms with E-state index in [1.807, 2.05) is 11.8 Å². The van der Waals surface area contributed by atoms with Crippen LogP contribution in [-0.4, -0.2) is 46.3 Å². The predicted molar refractivity (Wildman–Crippen MR) is 74.6 cm³/mol. The zero-order valence-electron chi connectivity index (χ0n) is 12.4. The van der Waals surface area contributed by atoms with Crippen LogP contribution in [0.1, 0.15) is 59.3 Å². The summed E-state index contributed by atoms with van der Waals surface area (Å²) in [5, 5.41) is 0. The molecule has 0 saturated carbocycles. The molecule has 0 bridgehead atoms. The standard InChI is InChI=1S/C15H26N2O2/c1-4-5-6-8-11(2)17-12(3)14(18)16-10-7-9-13(16)15(17)19/h11-13H,4-10H2,1-3H3. The lowest BCUT2D eigenvalue weighted by molar-refractivity contribution is -0.161. The highest BCUT2D eigenvalue weighted by Crippen LogP contribution is 2.29. The lowest BCUT2D eigenvalue weighted by Gasteiger charge is -2.44. The van der Waals surface area contributed by atoms with E-state index in [-0.39, 0.29) is 29.9 Å². The Kier molecular flexibility index (Phi) is 4.48. The molecule has 2 saturated heterocycles. The second-order valence-electron chi connectivity index (χ2n) is 5.96. The fourth-order valence-corrected chi connectivity index (χ4v) is 3.44. The highest BCUT2D eigenvalue weighted by molar-refractivity contribution is 5.97. The van der Waals surface area contributed by atoms with Crippen molar-refractivity contribution in [3.63, 3.8) is 0 Å². The van der Waals surface area contributed by atoms with Crippen molar-refractivity contribution in [1.82, 2.24) is 9.80 Å². The summed E-state index contributed by atoms with van der Waals surface area (Å²) in [6, 6.07) is -0.267. The van der Waals surface area contributed by atoms with Crippen LogP contribution in [0.3, 0.4) is 0 Å². The average Bonchev–Trinajstić information content (AvgIpc) is 2.86. The number of amides is 2. The van der Waals surface area contributed by atoms with Crippen LogP contribution in [0.4, 0.5) is 0 Å². The van der Waals surface area contributed by atoms with Crippen LogP contribution in [0.2, 0.25) is 0 Å². The molecule has 2 aliphatic rings. The first-order chi connectivity index (χ1) is 9.07. The van der Waals surface area contributed by atoms with Crippen molar-refractivity contribution in [2.75, 3.05) is 6.54 Å². The molecule has 0 aliphatic carbocycles. The Morgan fingerprint density at radius 1 is 1.26 bits per heavy atom. The number of nitrogens with zero attached hydrogens (tertiary/aromatic N) is 2. The molecule has 0 aromatic heterocycles. The molecule has 108 valence electrons. The third-order valence-corrected chi connectivity index (χ3v) is 4.55. The van der Waals surface area contributed by atoms with Gasteiger partial charge in [-0.05, 0) is 33.1 Å². The maximum atomic E-state index is 12.6. The molecule has 0 aromatic carbocycles. The number of piperazine rings is 1. The summed E-state index contributed by atoms with van der Waals surface area (Å²) >= 11 is 0. The summed E-state index contributed by atoms with van der Waals surface area (Å²) < 4.78 is 0. The largest absolute Gasteiger partial charge is 0.329 e. The zero-order valence-corrected chi connectivity index (χ0v) is 12.4. The summed E-state index contributed by atoms with van der Waals surface area (Å²) in [5.41, 5.74) is 0. The lowest BCUT2D eigenvalue weighted by Crippen LogP contribution is -2.63. The number of fused-ring (bicyclic) bond motifs is 1. The highest BCUT2D eigenvalue weighted by atomic mass is 16.2. The van der Waals surface area contributed by atoms with E-state index in [2.05, 4.69) is 13.8 Å². The van der Waals surface area contributed by atoms with Gasteiger partial charge in [0.25, 0.3) is 0 Å². The van der Waals surface area contributed by atoms with E-state index in [1.54, 1.807) is 4.90 Å². The van der Waals surface area contributed by atoms with E-state index < -0.39 is 0 Å². The number of carbonyl (C=O) groups excluding carboxylic acids is 2. The Bertz CT molecular complexity index is 356. The molecule has 2 aliphatic heterocycles. The molecule has 0 aromatic rings. The van der Waals surface area contributed by atoms with Gasteiger partial charge in [-0.2, -0.15) is 0 Å². The number of rotatable bonds is 5. The van der Waals surface area contributed by atoms with Crippen LogP contribution < -0.4 is 0 Å². The van der Waals surface area contributed by atoms with Gasteiger partial charge in [0.05, 0.1) is 0 Å². The summed E-state index contributed by atoms with van der Waals surface area (Å²) in [7, 11) is 0. The molecule has 0 radical (unpaired) electrons. The van der Waals surface area contributed by atoms with Gasteiger partial charge in [-0.15, -0.1) is 0 Å². The predicted octanol–water partition coefficient (Wildman–Crippen LogP) is 2.18. The fraction of sp³-hybridized carbons (Fsp3) is 0.867.